The van der Waals surface area contributed by atoms with Crippen molar-refractivity contribution in [2.24, 2.45) is 0 Å². The van der Waals surface area contributed by atoms with Crippen LogP contribution in [0.3, 0.4) is 0 Å². The highest BCUT2D eigenvalue weighted by Crippen LogP contribution is 2.65. The van der Waals surface area contributed by atoms with Crippen molar-refractivity contribution in [3.05, 3.63) is 106 Å². The zero-order valence-electron chi connectivity index (χ0n) is 21.3. The molecule has 7 rings (SSSR count). The Morgan fingerprint density at radius 3 is 2.27 bits per heavy atom. The molecule has 1 aromatic heterocycles. The molecule has 5 aromatic rings. The number of benzene rings is 4. The molecule has 9 heteroatoms. The summed E-state index contributed by atoms with van der Waals surface area (Å²) in [5.41, 5.74) is 7.50. The number of carbonyl (C=O) groups is 2. The number of aromatic carboxylic acids is 1. The van der Waals surface area contributed by atoms with Gasteiger partial charge in [-0.3, -0.25) is 4.79 Å². The number of carboxylic acid groups (broad SMARTS) is 1. The predicted octanol–water partition coefficient (Wildman–Crippen LogP) is 6.24. The monoisotopic (exact) mass is 547 g/mol. The molecule has 196 valence electrons. The van der Waals surface area contributed by atoms with Gasteiger partial charge in [0.15, 0.2) is 5.82 Å². The second kappa shape index (κ2) is 8.86. The summed E-state index contributed by atoms with van der Waals surface area (Å²) in [4.78, 5) is 25.0. The molecule has 1 aliphatic heterocycles. The number of nitrogens with one attached hydrogen (secondary N) is 2. The van der Waals surface area contributed by atoms with E-state index >= 15 is 0 Å². The molecule has 0 radical (unpaired) electrons. The molecule has 40 heavy (non-hydrogen) atoms. The molecule has 1 fully saturated rings. The lowest BCUT2D eigenvalue weighted by molar-refractivity contribution is -0.118. The summed E-state index contributed by atoms with van der Waals surface area (Å²) in [7, 11) is 0. The van der Waals surface area contributed by atoms with Gasteiger partial charge < -0.3 is 10.4 Å². The standard InChI is InChI=1S/C31H22ClN5O3/c1-16-2-3-21(12-22(16)29(38)39)25-15-31(25)24-13-23(26(32)14-27(24)33-30(31)40)19-8-4-17(5-9-19)18-6-10-20(11-7-18)28-34-36-37-35-28/h2-14,25H,15H2,1H3,(H,33,40)(H,38,39)(H,34,35,36,37). The first-order valence-electron chi connectivity index (χ1n) is 12.8. The average Bonchev–Trinajstić information content (AvgIpc) is 3.34. The molecule has 1 spiro atoms. The van der Waals surface area contributed by atoms with E-state index in [2.05, 4.69) is 25.9 Å². The molecule has 2 atom stereocenters. The van der Waals surface area contributed by atoms with E-state index in [0.717, 1.165) is 38.9 Å². The van der Waals surface area contributed by atoms with Gasteiger partial charge in [-0.1, -0.05) is 72.3 Å². The van der Waals surface area contributed by atoms with Crippen molar-refractivity contribution in [1.29, 1.82) is 0 Å². The van der Waals surface area contributed by atoms with Gasteiger partial charge in [0.1, 0.15) is 0 Å². The van der Waals surface area contributed by atoms with Gasteiger partial charge >= 0.3 is 5.97 Å². The number of anilines is 1. The van der Waals surface area contributed by atoms with Gasteiger partial charge in [-0.15, -0.1) is 5.10 Å². The second-order valence-electron chi connectivity index (χ2n) is 10.3. The number of H-pyrrole nitrogens is 1. The van der Waals surface area contributed by atoms with E-state index in [-0.39, 0.29) is 17.4 Å². The maximum Gasteiger partial charge on any atom is 0.335 e. The van der Waals surface area contributed by atoms with Crippen molar-refractivity contribution in [1.82, 2.24) is 20.6 Å². The molecule has 0 saturated heterocycles. The third kappa shape index (κ3) is 3.71. The third-order valence-corrected chi connectivity index (χ3v) is 8.44. The molecule has 2 aliphatic rings. The van der Waals surface area contributed by atoms with Crippen LogP contribution in [0.1, 0.15) is 39.4 Å². The number of aryl methyl sites for hydroxylation is 1. The number of amides is 1. The molecule has 2 unspecified atom stereocenters. The van der Waals surface area contributed by atoms with E-state index in [9.17, 15) is 14.7 Å². The molecule has 0 bridgehead atoms. The lowest BCUT2D eigenvalue weighted by atomic mass is 9.89. The van der Waals surface area contributed by atoms with E-state index < -0.39 is 11.4 Å². The van der Waals surface area contributed by atoms with Gasteiger partial charge in [0.25, 0.3) is 0 Å². The van der Waals surface area contributed by atoms with E-state index in [1.807, 2.05) is 72.8 Å². The van der Waals surface area contributed by atoms with Crippen LogP contribution in [0.15, 0.2) is 78.9 Å². The first-order chi connectivity index (χ1) is 19.3. The van der Waals surface area contributed by atoms with Crippen LogP contribution in [0.2, 0.25) is 5.02 Å². The van der Waals surface area contributed by atoms with Crippen LogP contribution < -0.4 is 5.32 Å². The number of hydrogen-bond donors (Lipinski definition) is 3. The van der Waals surface area contributed by atoms with Crippen LogP contribution in [0.5, 0.6) is 0 Å². The average molecular weight is 548 g/mol. The zero-order chi connectivity index (χ0) is 27.6. The predicted molar refractivity (Wildman–Crippen MR) is 151 cm³/mol. The fourth-order valence-electron chi connectivity index (χ4n) is 5.87. The minimum atomic E-state index is -0.967. The Balaban J connectivity index is 1.20. The Morgan fingerprint density at radius 1 is 0.950 bits per heavy atom. The highest BCUT2D eigenvalue weighted by molar-refractivity contribution is 6.34. The van der Waals surface area contributed by atoms with Crippen molar-refractivity contribution in [3.8, 4) is 33.6 Å². The normalized spacial score (nSPS) is 18.9. The van der Waals surface area contributed by atoms with Gasteiger partial charge in [-0.2, -0.15) is 0 Å². The Morgan fingerprint density at radius 2 is 1.62 bits per heavy atom. The Kier molecular flexibility index (Phi) is 5.37. The Bertz CT molecular complexity index is 1820. The number of nitrogens with zero attached hydrogens (tertiary/aromatic N) is 3. The fourth-order valence-corrected chi connectivity index (χ4v) is 6.14. The largest absolute Gasteiger partial charge is 0.478 e. The van der Waals surface area contributed by atoms with Crippen molar-refractivity contribution in [2.45, 2.75) is 24.7 Å². The van der Waals surface area contributed by atoms with Crippen LogP contribution in [0, 0.1) is 6.92 Å². The summed E-state index contributed by atoms with van der Waals surface area (Å²) in [6.07, 6.45) is 0.619. The number of rotatable bonds is 5. The SMILES string of the molecule is Cc1ccc(C2CC23C(=O)Nc2cc(Cl)c(-c4ccc(-c5ccc(-c6nnn[nH]6)cc5)cc4)cc23)cc1C(=O)O. The molecule has 1 amide bonds. The highest BCUT2D eigenvalue weighted by Gasteiger charge is 2.65. The number of fused-ring (bicyclic) bond motifs is 2. The molecule has 2 heterocycles. The summed E-state index contributed by atoms with van der Waals surface area (Å²) in [5.74, 6) is -0.523. The molecule has 4 aromatic carbocycles. The number of aromatic amines is 1. The van der Waals surface area contributed by atoms with Crippen molar-refractivity contribution in [2.75, 3.05) is 5.32 Å². The molecular formula is C31H22ClN5O3. The van der Waals surface area contributed by atoms with E-state index in [1.54, 1.807) is 13.0 Å². The Labute approximate surface area is 234 Å². The summed E-state index contributed by atoms with van der Waals surface area (Å²) in [5, 5.41) is 27.1. The number of tetrazole rings is 1. The van der Waals surface area contributed by atoms with Crippen LogP contribution in [-0.4, -0.2) is 37.6 Å². The van der Waals surface area contributed by atoms with Crippen LogP contribution >= 0.6 is 11.6 Å². The summed E-state index contributed by atoms with van der Waals surface area (Å²) >= 11 is 6.72. The van der Waals surface area contributed by atoms with Crippen molar-refractivity contribution >= 4 is 29.2 Å². The quantitative estimate of drug-likeness (QED) is 0.239. The number of hydrogen-bond acceptors (Lipinski definition) is 5. The van der Waals surface area contributed by atoms with Gasteiger partial charge in [0.05, 0.1) is 16.0 Å². The third-order valence-electron chi connectivity index (χ3n) is 8.13. The van der Waals surface area contributed by atoms with Gasteiger partial charge in [0, 0.05) is 22.7 Å². The maximum absolute atomic E-state index is 13.3. The zero-order valence-corrected chi connectivity index (χ0v) is 22.0. The summed E-state index contributed by atoms with van der Waals surface area (Å²) in [6.45, 7) is 1.78. The van der Waals surface area contributed by atoms with Crippen molar-refractivity contribution in [3.63, 3.8) is 0 Å². The lowest BCUT2D eigenvalue weighted by Crippen LogP contribution is -2.21. The Hall–Kier alpha value is -4.82. The van der Waals surface area contributed by atoms with E-state index in [4.69, 9.17) is 11.6 Å². The first-order valence-corrected chi connectivity index (χ1v) is 13.2. The molecule has 8 nitrogen and oxygen atoms in total. The maximum atomic E-state index is 13.3. The molecule has 3 N–H and O–H groups in total. The minimum Gasteiger partial charge on any atom is -0.478 e. The van der Waals surface area contributed by atoms with E-state index in [1.165, 1.54) is 0 Å². The van der Waals surface area contributed by atoms with Gasteiger partial charge in [-0.25, -0.2) is 9.89 Å². The first kappa shape index (κ1) is 24.2. The minimum absolute atomic E-state index is 0.0712. The van der Waals surface area contributed by atoms with Crippen LogP contribution in [0.4, 0.5) is 5.69 Å². The highest BCUT2D eigenvalue weighted by atomic mass is 35.5. The number of carbonyl (C=O) groups excluding carboxylic acids is 1. The number of aromatic nitrogens is 4. The topological polar surface area (TPSA) is 121 Å². The fraction of sp³-hybridized carbons (Fsp3) is 0.129. The molecule has 1 saturated carbocycles. The molecule has 1 aliphatic carbocycles. The number of carboxylic acids is 1. The van der Waals surface area contributed by atoms with Gasteiger partial charge in [-0.05, 0) is 75.4 Å². The summed E-state index contributed by atoms with van der Waals surface area (Å²) < 4.78 is 0. The van der Waals surface area contributed by atoms with Crippen molar-refractivity contribution < 1.29 is 14.7 Å². The number of halogens is 1. The molecular weight excluding hydrogens is 526 g/mol. The lowest BCUT2D eigenvalue weighted by Gasteiger charge is -2.13. The van der Waals surface area contributed by atoms with Crippen LogP contribution in [-0.2, 0) is 10.2 Å². The second-order valence-corrected chi connectivity index (χ2v) is 10.8. The van der Waals surface area contributed by atoms with Crippen LogP contribution in [0.25, 0.3) is 33.6 Å². The van der Waals surface area contributed by atoms with E-state index in [0.29, 0.717) is 28.5 Å². The smallest absolute Gasteiger partial charge is 0.335 e. The summed E-state index contributed by atoms with van der Waals surface area (Å²) in [6, 6.07) is 25.4. The van der Waals surface area contributed by atoms with Gasteiger partial charge in [0.2, 0.25) is 5.91 Å².